The van der Waals surface area contributed by atoms with Crippen LogP contribution in [-0.4, -0.2) is 6.04 Å². The molecule has 74 valence electrons. The first-order valence-electron chi connectivity index (χ1n) is 5.38. The maximum Gasteiger partial charge on any atom is 0.123 e. The van der Waals surface area contributed by atoms with Crippen LogP contribution in [-0.2, 0) is 6.42 Å². The van der Waals surface area contributed by atoms with Crippen molar-refractivity contribution in [1.29, 1.82) is 0 Å². The van der Waals surface area contributed by atoms with Crippen LogP contribution in [0.25, 0.3) is 0 Å². The molecule has 0 radical (unpaired) electrons. The molecule has 1 atom stereocenters. The molecule has 0 spiro atoms. The van der Waals surface area contributed by atoms with Gasteiger partial charge >= 0.3 is 0 Å². The summed E-state index contributed by atoms with van der Waals surface area (Å²) >= 11 is 0. The predicted molar refractivity (Wildman–Crippen MR) is 54.9 cm³/mol. The molecule has 1 unspecified atom stereocenters. The van der Waals surface area contributed by atoms with E-state index in [1.807, 2.05) is 6.07 Å². The van der Waals surface area contributed by atoms with Crippen LogP contribution in [0.4, 0.5) is 10.1 Å². The third-order valence-electron chi connectivity index (χ3n) is 3.32. The van der Waals surface area contributed by atoms with Crippen LogP contribution in [0, 0.1) is 11.7 Å². The summed E-state index contributed by atoms with van der Waals surface area (Å²) in [6.45, 7) is 0. The summed E-state index contributed by atoms with van der Waals surface area (Å²) in [4.78, 5) is 0. The van der Waals surface area contributed by atoms with Crippen LogP contribution in [0.5, 0.6) is 0 Å². The van der Waals surface area contributed by atoms with Crippen LogP contribution in [0.2, 0.25) is 0 Å². The average Bonchev–Trinajstić information content (AvgIpc) is 3.00. The molecule has 1 nitrogen and oxygen atoms in total. The normalized spacial score (nSPS) is 25.4. The van der Waals surface area contributed by atoms with Crippen molar-refractivity contribution in [2.24, 2.45) is 5.92 Å². The number of aryl methyl sites for hydroxylation is 1. The summed E-state index contributed by atoms with van der Waals surface area (Å²) in [5.74, 6) is 0.767. The van der Waals surface area contributed by atoms with Crippen LogP contribution < -0.4 is 5.32 Å². The summed E-state index contributed by atoms with van der Waals surface area (Å²) in [7, 11) is 0. The van der Waals surface area contributed by atoms with Gasteiger partial charge < -0.3 is 5.32 Å². The molecule has 3 rings (SSSR count). The van der Waals surface area contributed by atoms with Gasteiger partial charge in [-0.15, -0.1) is 0 Å². The highest BCUT2D eigenvalue weighted by molar-refractivity contribution is 5.54. The summed E-state index contributed by atoms with van der Waals surface area (Å²) < 4.78 is 12.9. The molecule has 1 aromatic carbocycles. The first-order valence-corrected chi connectivity index (χ1v) is 5.38. The smallest absolute Gasteiger partial charge is 0.123 e. The zero-order valence-electron chi connectivity index (χ0n) is 8.09. The summed E-state index contributed by atoms with van der Waals surface area (Å²) in [6.07, 6.45) is 4.94. The molecule has 2 heteroatoms. The van der Waals surface area contributed by atoms with Crippen LogP contribution in [0.3, 0.4) is 0 Å². The molecule has 0 aromatic heterocycles. The maximum atomic E-state index is 12.9. The Morgan fingerprint density at radius 3 is 2.86 bits per heavy atom. The second kappa shape index (κ2) is 2.97. The van der Waals surface area contributed by atoms with Crippen molar-refractivity contribution in [1.82, 2.24) is 0 Å². The van der Waals surface area contributed by atoms with Crippen LogP contribution in [0.1, 0.15) is 24.8 Å². The Morgan fingerprint density at radius 2 is 2.07 bits per heavy atom. The lowest BCUT2D eigenvalue weighted by atomic mass is 9.95. The molecule has 0 saturated heterocycles. The molecule has 1 N–H and O–H groups in total. The van der Waals surface area contributed by atoms with Crippen molar-refractivity contribution in [3.05, 3.63) is 29.6 Å². The fourth-order valence-electron chi connectivity index (χ4n) is 2.34. The fraction of sp³-hybridized carbons (Fsp3) is 0.500. The molecule has 2 aliphatic rings. The minimum absolute atomic E-state index is 0.115. The van der Waals surface area contributed by atoms with Gasteiger partial charge in [-0.05, 0) is 55.4 Å². The van der Waals surface area contributed by atoms with Gasteiger partial charge in [-0.3, -0.25) is 0 Å². The highest BCUT2D eigenvalue weighted by Crippen LogP contribution is 2.39. The number of rotatable bonds is 1. The van der Waals surface area contributed by atoms with Gasteiger partial charge in [0, 0.05) is 11.7 Å². The van der Waals surface area contributed by atoms with E-state index >= 15 is 0 Å². The van der Waals surface area contributed by atoms with Gasteiger partial charge in [0.05, 0.1) is 0 Å². The summed E-state index contributed by atoms with van der Waals surface area (Å²) in [5, 5.41) is 3.52. The molecule has 1 aliphatic heterocycles. The number of nitrogens with one attached hydrogen (secondary N) is 1. The lowest BCUT2D eigenvalue weighted by Crippen LogP contribution is -2.27. The summed E-state index contributed by atoms with van der Waals surface area (Å²) in [5.41, 5.74) is 2.29. The fourth-order valence-corrected chi connectivity index (χ4v) is 2.34. The Balaban J connectivity index is 1.86. The number of hydrogen-bond donors (Lipinski definition) is 1. The van der Waals surface area contributed by atoms with Crippen LogP contribution >= 0.6 is 0 Å². The molecule has 0 bridgehead atoms. The highest BCUT2D eigenvalue weighted by Gasteiger charge is 2.33. The quantitative estimate of drug-likeness (QED) is 0.719. The molecule has 0 amide bonds. The first kappa shape index (κ1) is 8.27. The monoisotopic (exact) mass is 191 g/mol. The Bertz CT molecular complexity index is 357. The SMILES string of the molecule is Fc1ccc2c(c1)CCC(C1CC1)N2. The highest BCUT2D eigenvalue weighted by atomic mass is 19.1. The van der Waals surface area contributed by atoms with E-state index < -0.39 is 0 Å². The molecule has 1 heterocycles. The minimum Gasteiger partial charge on any atom is -0.382 e. The van der Waals surface area contributed by atoms with Gasteiger partial charge in [-0.2, -0.15) is 0 Å². The topological polar surface area (TPSA) is 12.0 Å². The standard InChI is InChI=1S/C12H14FN/c13-10-4-6-12-9(7-10)3-5-11(14-12)8-1-2-8/h4,6-8,11,14H,1-3,5H2. The van der Waals surface area contributed by atoms with Crippen molar-refractivity contribution in [2.45, 2.75) is 31.7 Å². The van der Waals surface area contributed by atoms with Crippen molar-refractivity contribution in [2.75, 3.05) is 5.32 Å². The van der Waals surface area contributed by atoms with E-state index in [0.29, 0.717) is 6.04 Å². The molecule has 14 heavy (non-hydrogen) atoms. The van der Waals surface area contributed by atoms with Crippen molar-refractivity contribution in [3.63, 3.8) is 0 Å². The van der Waals surface area contributed by atoms with Gasteiger partial charge in [0.25, 0.3) is 0 Å². The summed E-state index contributed by atoms with van der Waals surface area (Å²) in [6, 6.07) is 5.72. The van der Waals surface area contributed by atoms with Gasteiger partial charge in [0.2, 0.25) is 0 Å². The Hall–Kier alpha value is -1.05. The van der Waals surface area contributed by atoms with Gasteiger partial charge in [0.1, 0.15) is 5.82 Å². The number of halogens is 1. The van der Waals surface area contributed by atoms with Crippen molar-refractivity contribution >= 4 is 5.69 Å². The van der Waals surface area contributed by atoms with Gasteiger partial charge in [-0.1, -0.05) is 0 Å². The van der Waals surface area contributed by atoms with E-state index in [1.54, 1.807) is 12.1 Å². The van der Waals surface area contributed by atoms with E-state index in [9.17, 15) is 4.39 Å². The predicted octanol–water partition coefficient (Wildman–Crippen LogP) is 2.96. The molecular weight excluding hydrogens is 177 g/mol. The van der Waals surface area contributed by atoms with Crippen molar-refractivity contribution in [3.8, 4) is 0 Å². The lowest BCUT2D eigenvalue weighted by Gasteiger charge is -2.27. The number of anilines is 1. The van der Waals surface area contributed by atoms with E-state index in [2.05, 4.69) is 5.32 Å². The first-order chi connectivity index (χ1) is 6.83. The largest absolute Gasteiger partial charge is 0.382 e. The zero-order chi connectivity index (χ0) is 9.54. The second-order valence-electron chi connectivity index (χ2n) is 4.43. The van der Waals surface area contributed by atoms with E-state index in [-0.39, 0.29) is 5.82 Å². The second-order valence-corrected chi connectivity index (χ2v) is 4.43. The van der Waals surface area contributed by atoms with Crippen LogP contribution in [0.15, 0.2) is 18.2 Å². The van der Waals surface area contributed by atoms with E-state index in [4.69, 9.17) is 0 Å². The minimum atomic E-state index is -0.115. The van der Waals surface area contributed by atoms with Gasteiger partial charge in [0.15, 0.2) is 0 Å². The third kappa shape index (κ3) is 1.39. The molecule has 1 fully saturated rings. The number of fused-ring (bicyclic) bond motifs is 1. The zero-order valence-corrected chi connectivity index (χ0v) is 8.09. The van der Waals surface area contributed by atoms with Gasteiger partial charge in [-0.25, -0.2) is 4.39 Å². The average molecular weight is 191 g/mol. The van der Waals surface area contributed by atoms with E-state index in [0.717, 1.165) is 23.6 Å². The third-order valence-corrected chi connectivity index (χ3v) is 3.32. The Labute approximate surface area is 83.3 Å². The molecular formula is C12H14FN. The molecule has 1 saturated carbocycles. The Kier molecular flexibility index (Phi) is 1.76. The van der Waals surface area contributed by atoms with E-state index in [1.165, 1.54) is 19.3 Å². The number of hydrogen-bond acceptors (Lipinski definition) is 1. The molecule has 1 aromatic rings. The lowest BCUT2D eigenvalue weighted by molar-refractivity contribution is 0.564. The maximum absolute atomic E-state index is 12.9. The van der Waals surface area contributed by atoms with Crippen molar-refractivity contribution < 1.29 is 4.39 Å². The molecule has 1 aliphatic carbocycles. The number of benzene rings is 1. The Morgan fingerprint density at radius 1 is 1.21 bits per heavy atom.